The summed E-state index contributed by atoms with van der Waals surface area (Å²) in [5.74, 6) is 1.07. The number of nitrogens with one attached hydrogen (secondary N) is 3. The Kier molecular flexibility index (Phi) is 6.29. The quantitative estimate of drug-likeness (QED) is 0.704. The summed E-state index contributed by atoms with van der Waals surface area (Å²) < 4.78 is 0. The zero-order valence-electron chi connectivity index (χ0n) is 16.3. The van der Waals surface area contributed by atoms with E-state index in [-0.39, 0.29) is 35.9 Å². The third kappa shape index (κ3) is 5.40. The first-order valence-corrected chi connectivity index (χ1v) is 10.1. The first-order valence-electron chi connectivity index (χ1n) is 10.1. The van der Waals surface area contributed by atoms with Gasteiger partial charge in [-0.05, 0) is 51.9 Å². The van der Waals surface area contributed by atoms with Crippen molar-refractivity contribution in [2.75, 3.05) is 0 Å². The molecule has 2 aliphatic rings. The number of hydrogen-bond acceptors (Lipinski definition) is 4. The third-order valence-corrected chi connectivity index (χ3v) is 5.79. The van der Waals surface area contributed by atoms with E-state index in [4.69, 9.17) is 0 Å². The highest BCUT2D eigenvalue weighted by Gasteiger charge is 2.28. The van der Waals surface area contributed by atoms with Crippen molar-refractivity contribution >= 4 is 11.8 Å². The minimum absolute atomic E-state index is 0.0314. The average molecular weight is 374 g/mol. The molecule has 2 saturated carbocycles. The normalized spacial score (nSPS) is 22.7. The highest BCUT2D eigenvalue weighted by Crippen LogP contribution is 2.28. The van der Waals surface area contributed by atoms with Gasteiger partial charge >= 0.3 is 0 Å². The van der Waals surface area contributed by atoms with Gasteiger partial charge in [0.05, 0.1) is 6.42 Å². The number of amides is 2. The van der Waals surface area contributed by atoms with Crippen LogP contribution in [-0.4, -0.2) is 33.9 Å². The van der Waals surface area contributed by atoms with Crippen molar-refractivity contribution in [2.45, 2.75) is 83.7 Å². The van der Waals surface area contributed by atoms with Gasteiger partial charge < -0.3 is 15.6 Å². The molecule has 2 aliphatic carbocycles. The van der Waals surface area contributed by atoms with Crippen LogP contribution in [-0.2, 0) is 16.0 Å². The predicted octanol–water partition coefficient (Wildman–Crippen LogP) is 1.66. The Morgan fingerprint density at radius 1 is 1.04 bits per heavy atom. The second-order valence-electron chi connectivity index (χ2n) is 8.09. The number of rotatable bonds is 6. The Bertz CT molecular complexity index is 752. The number of carbonyl (C=O) groups is 2. The Hall–Kier alpha value is -2.18. The molecule has 0 aromatic carbocycles. The molecule has 0 aliphatic heterocycles. The van der Waals surface area contributed by atoms with Crippen LogP contribution in [0.25, 0.3) is 0 Å². The lowest BCUT2D eigenvalue weighted by Crippen LogP contribution is -2.38. The van der Waals surface area contributed by atoms with Crippen LogP contribution in [0.1, 0.15) is 68.4 Å². The van der Waals surface area contributed by atoms with Crippen LogP contribution in [0.3, 0.4) is 0 Å². The highest BCUT2D eigenvalue weighted by molar-refractivity contribution is 5.79. The molecule has 2 unspecified atom stereocenters. The first-order chi connectivity index (χ1) is 12.9. The van der Waals surface area contributed by atoms with E-state index in [0.29, 0.717) is 29.4 Å². The molecule has 3 rings (SSSR count). The fourth-order valence-corrected chi connectivity index (χ4v) is 4.41. The minimum Gasteiger partial charge on any atom is -0.353 e. The van der Waals surface area contributed by atoms with Crippen LogP contribution in [0.2, 0.25) is 0 Å². The Labute approximate surface area is 159 Å². The number of hydrogen-bond donors (Lipinski definition) is 3. The summed E-state index contributed by atoms with van der Waals surface area (Å²) in [5, 5.41) is 6.13. The summed E-state index contributed by atoms with van der Waals surface area (Å²) in [6.07, 6.45) is 7.98. The van der Waals surface area contributed by atoms with Crippen molar-refractivity contribution in [3.63, 3.8) is 0 Å². The van der Waals surface area contributed by atoms with Crippen molar-refractivity contribution in [2.24, 2.45) is 5.92 Å². The van der Waals surface area contributed by atoms with E-state index in [1.165, 1.54) is 25.7 Å². The minimum atomic E-state index is -0.251. The molecule has 0 saturated heterocycles. The van der Waals surface area contributed by atoms with Crippen LogP contribution >= 0.6 is 0 Å². The molecule has 0 spiro atoms. The molecule has 2 atom stereocenters. The molecular weight excluding hydrogens is 344 g/mol. The lowest BCUT2D eigenvalue weighted by molar-refractivity contribution is -0.122. The van der Waals surface area contributed by atoms with Gasteiger partial charge in [-0.3, -0.25) is 14.4 Å². The lowest BCUT2D eigenvalue weighted by Gasteiger charge is -2.16. The molecule has 148 valence electrons. The van der Waals surface area contributed by atoms with E-state index in [1.807, 2.05) is 0 Å². The van der Waals surface area contributed by atoms with Gasteiger partial charge in [-0.1, -0.05) is 12.8 Å². The molecule has 7 heteroatoms. The van der Waals surface area contributed by atoms with Crippen LogP contribution in [0.5, 0.6) is 0 Å². The highest BCUT2D eigenvalue weighted by atomic mass is 16.2. The molecule has 27 heavy (non-hydrogen) atoms. The SMILES string of the molecule is Cc1nc(C)c(CC(=O)NC2CCC(NC(=O)CC3CCCC3)C2)c(=O)[nH]1. The van der Waals surface area contributed by atoms with Gasteiger partial charge in [-0.2, -0.15) is 0 Å². The lowest BCUT2D eigenvalue weighted by atomic mass is 10.0. The molecule has 2 fully saturated rings. The summed E-state index contributed by atoms with van der Waals surface area (Å²) in [6, 6.07) is 0.183. The summed E-state index contributed by atoms with van der Waals surface area (Å²) in [4.78, 5) is 43.4. The second kappa shape index (κ2) is 8.67. The fourth-order valence-electron chi connectivity index (χ4n) is 4.41. The summed E-state index contributed by atoms with van der Waals surface area (Å²) in [7, 11) is 0. The van der Waals surface area contributed by atoms with Gasteiger partial charge in [0.25, 0.3) is 5.56 Å². The molecule has 2 amide bonds. The number of carbonyl (C=O) groups excluding carboxylic acids is 2. The predicted molar refractivity (Wildman–Crippen MR) is 102 cm³/mol. The molecule has 0 bridgehead atoms. The summed E-state index contributed by atoms with van der Waals surface area (Å²) in [5.41, 5.74) is 0.756. The maximum Gasteiger partial charge on any atom is 0.254 e. The number of H-pyrrole nitrogens is 1. The molecule has 1 aromatic rings. The van der Waals surface area contributed by atoms with Crippen LogP contribution in [0.15, 0.2) is 4.79 Å². The summed E-state index contributed by atoms with van der Waals surface area (Å²) in [6.45, 7) is 3.47. The largest absolute Gasteiger partial charge is 0.353 e. The maximum atomic E-state index is 12.3. The fraction of sp³-hybridized carbons (Fsp3) is 0.700. The Balaban J connectivity index is 1.44. The van der Waals surface area contributed by atoms with Gasteiger partial charge in [0.2, 0.25) is 11.8 Å². The van der Waals surface area contributed by atoms with E-state index in [1.54, 1.807) is 13.8 Å². The molecule has 1 aromatic heterocycles. The van der Waals surface area contributed by atoms with Crippen LogP contribution < -0.4 is 16.2 Å². The smallest absolute Gasteiger partial charge is 0.254 e. The molecule has 1 heterocycles. The van der Waals surface area contributed by atoms with Gasteiger partial charge in [-0.25, -0.2) is 4.98 Å². The van der Waals surface area contributed by atoms with E-state index in [0.717, 1.165) is 19.3 Å². The molecule has 3 N–H and O–H groups in total. The summed E-state index contributed by atoms with van der Waals surface area (Å²) >= 11 is 0. The standard InChI is InChI=1S/C20H30N4O3/c1-12-17(20(27)22-13(2)21-12)11-19(26)24-16-8-7-15(10-16)23-18(25)9-14-5-3-4-6-14/h14-16H,3-11H2,1-2H3,(H,23,25)(H,24,26)(H,21,22,27). The van der Waals surface area contributed by atoms with Crippen molar-refractivity contribution in [1.82, 2.24) is 20.6 Å². The Morgan fingerprint density at radius 3 is 2.30 bits per heavy atom. The van der Waals surface area contributed by atoms with E-state index in [2.05, 4.69) is 20.6 Å². The van der Waals surface area contributed by atoms with Crippen molar-refractivity contribution in [3.8, 4) is 0 Å². The van der Waals surface area contributed by atoms with Gasteiger partial charge in [0.1, 0.15) is 5.82 Å². The topological polar surface area (TPSA) is 104 Å². The van der Waals surface area contributed by atoms with E-state index < -0.39 is 0 Å². The average Bonchev–Trinajstić information content (AvgIpc) is 3.23. The zero-order chi connectivity index (χ0) is 19.4. The molecule has 7 nitrogen and oxygen atoms in total. The second-order valence-corrected chi connectivity index (χ2v) is 8.09. The van der Waals surface area contributed by atoms with Gasteiger partial charge in [0, 0.05) is 29.8 Å². The first kappa shape index (κ1) is 19.6. The van der Waals surface area contributed by atoms with Gasteiger partial charge in [-0.15, -0.1) is 0 Å². The zero-order valence-corrected chi connectivity index (χ0v) is 16.3. The van der Waals surface area contributed by atoms with Crippen LogP contribution in [0.4, 0.5) is 0 Å². The van der Waals surface area contributed by atoms with Crippen molar-refractivity contribution in [3.05, 3.63) is 27.4 Å². The van der Waals surface area contributed by atoms with Crippen LogP contribution in [0, 0.1) is 19.8 Å². The number of aryl methyl sites for hydroxylation is 2. The third-order valence-electron chi connectivity index (χ3n) is 5.79. The monoisotopic (exact) mass is 374 g/mol. The van der Waals surface area contributed by atoms with E-state index >= 15 is 0 Å². The maximum absolute atomic E-state index is 12.3. The number of aromatic nitrogens is 2. The van der Waals surface area contributed by atoms with Crippen molar-refractivity contribution in [1.29, 1.82) is 0 Å². The number of nitrogens with zero attached hydrogens (tertiary/aromatic N) is 1. The number of aromatic amines is 1. The van der Waals surface area contributed by atoms with Crippen molar-refractivity contribution < 1.29 is 9.59 Å². The Morgan fingerprint density at radius 2 is 1.67 bits per heavy atom. The molecule has 0 radical (unpaired) electrons. The van der Waals surface area contributed by atoms with Gasteiger partial charge in [0.15, 0.2) is 0 Å². The van der Waals surface area contributed by atoms with E-state index in [9.17, 15) is 14.4 Å². The molecular formula is C20H30N4O3.